The van der Waals surface area contributed by atoms with Gasteiger partial charge in [-0.3, -0.25) is 4.79 Å². The summed E-state index contributed by atoms with van der Waals surface area (Å²) in [5.41, 5.74) is 1.03. The van der Waals surface area contributed by atoms with Gasteiger partial charge < -0.3 is 10.1 Å². The van der Waals surface area contributed by atoms with Crippen LogP contribution in [0.1, 0.15) is 63.2 Å². The van der Waals surface area contributed by atoms with E-state index in [0.29, 0.717) is 22.8 Å². The van der Waals surface area contributed by atoms with Gasteiger partial charge in [-0.25, -0.2) is 0 Å². The standard InChI is InChI=1S/C19H29NO2/c1-19(2,3)13-14-9-11-15(12-10-14)20-18(21)16-7-5-6-8-17(16)22-4/h5-8,14-15H,9-13H2,1-4H3,(H,20,21). The predicted octanol–water partition coefficient (Wildman–Crippen LogP) is 4.42. The summed E-state index contributed by atoms with van der Waals surface area (Å²) in [6.45, 7) is 6.92. The van der Waals surface area contributed by atoms with Gasteiger partial charge in [-0.1, -0.05) is 32.9 Å². The first-order chi connectivity index (χ1) is 10.4. The minimum Gasteiger partial charge on any atom is -0.496 e. The number of amides is 1. The van der Waals surface area contributed by atoms with Gasteiger partial charge in [0.1, 0.15) is 5.75 Å². The molecule has 0 aromatic heterocycles. The first-order valence-corrected chi connectivity index (χ1v) is 8.33. The number of carbonyl (C=O) groups excluding carboxylic acids is 1. The zero-order valence-electron chi connectivity index (χ0n) is 14.3. The maximum Gasteiger partial charge on any atom is 0.255 e. The molecule has 2 rings (SSSR count). The van der Waals surface area contributed by atoms with Crippen molar-refractivity contribution >= 4 is 5.91 Å². The highest BCUT2D eigenvalue weighted by molar-refractivity contribution is 5.97. The average molecular weight is 303 g/mol. The van der Waals surface area contributed by atoms with Crippen molar-refractivity contribution in [1.29, 1.82) is 0 Å². The Morgan fingerprint density at radius 1 is 1.18 bits per heavy atom. The minimum absolute atomic E-state index is 0.0169. The largest absolute Gasteiger partial charge is 0.496 e. The predicted molar refractivity (Wildman–Crippen MR) is 90.3 cm³/mol. The van der Waals surface area contributed by atoms with E-state index in [2.05, 4.69) is 26.1 Å². The molecule has 0 radical (unpaired) electrons. The van der Waals surface area contributed by atoms with Crippen molar-refractivity contribution in [3.8, 4) is 5.75 Å². The highest BCUT2D eigenvalue weighted by Gasteiger charge is 2.26. The summed E-state index contributed by atoms with van der Waals surface area (Å²) in [6.07, 6.45) is 5.88. The Kier molecular flexibility index (Phi) is 5.49. The van der Waals surface area contributed by atoms with Crippen LogP contribution in [-0.2, 0) is 0 Å². The van der Waals surface area contributed by atoms with Gasteiger partial charge in [0.15, 0.2) is 0 Å². The molecule has 0 unspecified atom stereocenters. The van der Waals surface area contributed by atoms with Crippen LogP contribution in [0.4, 0.5) is 0 Å². The lowest BCUT2D eigenvalue weighted by Crippen LogP contribution is -2.38. The lowest BCUT2D eigenvalue weighted by molar-refractivity contribution is 0.0914. The van der Waals surface area contributed by atoms with Crippen molar-refractivity contribution < 1.29 is 9.53 Å². The first kappa shape index (κ1) is 16.9. The van der Waals surface area contributed by atoms with Crippen LogP contribution in [0.5, 0.6) is 5.75 Å². The van der Waals surface area contributed by atoms with Crippen LogP contribution in [-0.4, -0.2) is 19.1 Å². The molecule has 0 saturated heterocycles. The number of ether oxygens (including phenoxy) is 1. The van der Waals surface area contributed by atoms with Crippen molar-refractivity contribution in [2.24, 2.45) is 11.3 Å². The minimum atomic E-state index is -0.0169. The molecule has 1 saturated carbocycles. The van der Waals surface area contributed by atoms with Crippen LogP contribution in [0.25, 0.3) is 0 Å². The zero-order valence-corrected chi connectivity index (χ0v) is 14.3. The highest BCUT2D eigenvalue weighted by atomic mass is 16.5. The maximum absolute atomic E-state index is 12.4. The van der Waals surface area contributed by atoms with Crippen molar-refractivity contribution in [2.45, 2.75) is 58.9 Å². The van der Waals surface area contributed by atoms with Gasteiger partial charge in [-0.15, -0.1) is 0 Å². The lowest BCUT2D eigenvalue weighted by atomic mass is 9.76. The van der Waals surface area contributed by atoms with E-state index < -0.39 is 0 Å². The molecule has 22 heavy (non-hydrogen) atoms. The van der Waals surface area contributed by atoms with Crippen LogP contribution in [0.3, 0.4) is 0 Å². The molecule has 1 fully saturated rings. The monoisotopic (exact) mass is 303 g/mol. The number of carbonyl (C=O) groups is 1. The van der Waals surface area contributed by atoms with Gasteiger partial charge in [-0.2, -0.15) is 0 Å². The van der Waals surface area contributed by atoms with Gasteiger partial charge >= 0.3 is 0 Å². The van der Waals surface area contributed by atoms with Gasteiger partial charge in [0.2, 0.25) is 0 Å². The van der Waals surface area contributed by atoms with Crippen LogP contribution >= 0.6 is 0 Å². The van der Waals surface area contributed by atoms with Crippen molar-refractivity contribution in [3.05, 3.63) is 29.8 Å². The van der Waals surface area contributed by atoms with Gasteiger partial charge in [0, 0.05) is 6.04 Å². The summed E-state index contributed by atoms with van der Waals surface area (Å²) in [6, 6.07) is 7.70. The zero-order chi connectivity index (χ0) is 16.2. The number of methoxy groups -OCH3 is 1. The second kappa shape index (κ2) is 7.17. The summed E-state index contributed by atoms with van der Waals surface area (Å²) in [4.78, 5) is 12.4. The Balaban J connectivity index is 1.87. The van der Waals surface area contributed by atoms with Crippen molar-refractivity contribution in [1.82, 2.24) is 5.32 Å². The number of para-hydroxylation sites is 1. The second-order valence-electron chi connectivity index (χ2n) is 7.66. The van der Waals surface area contributed by atoms with Crippen molar-refractivity contribution in [3.63, 3.8) is 0 Å². The van der Waals surface area contributed by atoms with Crippen LogP contribution in [0, 0.1) is 11.3 Å². The van der Waals surface area contributed by atoms with Crippen LogP contribution < -0.4 is 10.1 Å². The van der Waals surface area contributed by atoms with Gasteiger partial charge in [-0.05, 0) is 55.6 Å². The third-order valence-corrected chi connectivity index (χ3v) is 4.43. The Morgan fingerprint density at radius 2 is 1.82 bits per heavy atom. The van der Waals surface area contributed by atoms with E-state index >= 15 is 0 Å². The molecule has 1 amide bonds. The molecule has 1 aromatic carbocycles. The average Bonchev–Trinajstić information content (AvgIpc) is 2.47. The molecular formula is C19H29NO2. The van der Waals surface area contributed by atoms with E-state index in [9.17, 15) is 4.79 Å². The quantitative estimate of drug-likeness (QED) is 0.894. The Bertz CT molecular complexity index is 496. The normalized spacial score (nSPS) is 22.2. The third-order valence-electron chi connectivity index (χ3n) is 4.43. The topological polar surface area (TPSA) is 38.3 Å². The fourth-order valence-corrected chi connectivity index (χ4v) is 3.47. The van der Waals surface area contributed by atoms with Crippen LogP contribution in [0.15, 0.2) is 24.3 Å². The molecule has 0 aliphatic heterocycles. The number of hydrogen-bond donors (Lipinski definition) is 1. The maximum atomic E-state index is 12.4. The number of nitrogens with one attached hydrogen (secondary N) is 1. The SMILES string of the molecule is COc1ccccc1C(=O)NC1CCC(CC(C)(C)C)CC1. The summed E-state index contributed by atoms with van der Waals surface area (Å²) in [5, 5.41) is 3.17. The Hall–Kier alpha value is -1.51. The molecular weight excluding hydrogens is 274 g/mol. The molecule has 3 heteroatoms. The fourth-order valence-electron chi connectivity index (χ4n) is 3.47. The van der Waals surface area contributed by atoms with Crippen molar-refractivity contribution in [2.75, 3.05) is 7.11 Å². The van der Waals surface area contributed by atoms with Gasteiger partial charge in [0.05, 0.1) is 12.7 Å². The fraction of sp³-hybridized carbons (Fsp3) is 0.632. The Labute approximate surface area is 134 Å². The molecule has 0 heterocycles. The summed E-state index contributed by atoms with van der Waals surface area (Å²) in [7, 11) is 1.60. The molecule has 1 N–H and O–H groups in total. The highest BCUT2D eigenvalue weighted by Crippen LogP contribution is 2.34. The molecule has 0 spiro atoms. The van der Waals surface area contributed by atoms with E-state index in [1.54, 1.807) is 7.11 Å². The first-order valence-electron chi connectivity index (χ1n) is 8.33. The number of hydrogen-bond acceptors (Lipinski definition) is 2. The second-order valence-corrected chi connectivity index (χ2v) is 7.66. The molecule has 1 aliphatic carbocycles. The molecule has 0 atom stereocenters. The molecule has 1 aliphatic rings. The number of rotatable bonds is 4. The summed E-state index contributed by atoms with van der Waals surface area (Å²) < 4.78 is 5.27. The summed E-state index contributed by atoms with van der Waals surface area (Å²) in [5.74, 6) is 1.43. The van der Waals surface area contributed by atoms with E-state index in [-0.39, 0.29) is 5.91 Å². The van der Waals surface area contributed by atoms with E-state index in [0.717, 1.165) is 18.8 Å². The Morgan fingerprint density at radius 3 is 2.41 bits per heavy atom. The smallest absolute Gasteiger partial charge is 0.255 e. The van der Waals surface area contributed by atoms with Gasteiger partial charge in [0.25, 0.3) is 5.91 Å². The van der Waals surface area contributed by atoms with E-state index in [4.69, 9.17) is 4.74 Å². The molecule has 1 aromatic rings. The van der Waals surface area contributed by atoms with E-state index in [1.807, 2.05) is 24.3 Å². The number of benzene rings is 1. The summed E-state index contributed by atoms with van der Waals surface area (Å²) >= 11 is 0. The third kappa shape index (κ3) is 4.75. The molecule has 122 valence electrons. The van der Waals surface area contributed by atoms with E-state index in [1.165, 1.54) is 19.3 Å². The molecule has 3 nitrogen and oxygen atoms in total. The lowest BCUT2D eigenvalue weighted by Gasteiger charge is -2.33. The molecule has 0 bridgehead atoms. The van der Waals surface area contributed by atoms with Crippen LogP contribution in [0.2, 0.25) is 0 Å².